The lowest BCUT2D eigenvalue weighted by Gasteiger charge is -2.12. The van der Waals surface area contributed by atoms with E-state index in [9.17, 15) is 4.79 Å². The van der Waals surface area contributed by atoms with Crippen molar-refractivity contribution in [2.24, 2.45) is 0 Å². The summed E-state index contributed by atoms with van der Waals surface area (Å²) in [4.78, 5) is 12.4. The van der Waals surface area contributed by atoms with Crippen molar-refractivity contribution >= 4 is 11.6 Å². The Kier molecular flexibility index (Phi) is 8.00. The third-order valence-corrected chi connectivity index (χ3v) is 3.85. The number of rotatable bonds is 10. The molecule has 0 aromatic heterocycles. The SMILES string of the molecule is CCCCCCOc1ccc(C(=O)Nc2cccc(OC(C)C)c2)cc1. The van der Waals surface area contributed by atoms with Gasteiger partial charge in [0.2, 0.25) is 0 Å². The lowest BCUT2D eigenvalue weighted by Crippen LogP contribution is -2.12. The average molecular weight is 355 g/mol. The smallest absolute Gasteiger partial charge is 0.255 e. The molecular formula is C22H29NO3. The van der Waals surface area contributed by atoms with Crippen LogP contribution in [0.4, 0.5) is 5.69 Å². The van der Waals surface area contributed by atoms with E-state index in [2.05, 4.69) is 12.2 Å². The first-order valence-electron chi connectivity index (χ1n) is 9.39. The van der Waals surface area contributed by atoms with Crippen LogP contribution in [0.5, 0.6) is 11.5 Å². The number of amides is 1. The molecule has 0 aliphatic carbocycles. The van der Waals surface area contributed by atoms with Gasteiger partial charge in [-0.3, -0.25) is 4.79 Å². The van der Waals surface area contributed by atoms with E-state index in [1.807, 2.05) is 50.2 Å². The highest BCUT2D eigenvalue weighted by molar-refractivity contribution is 6.04. The second-order valence-electron chi connectivity index (χ2n) is 6.58. The Hall–Kier alpha value is -2.49. The van der Waals surface area contributed by atoms with Crippen molar-refractivity contribution in [3.05, 3.63) is 54.1 Å². The molecule has 0 heterocycles. The van der Waals surface area contributed by atoms with Crippen molar-refractivity contribution < 1.29 is 14.3 Å². The summed E-state index contributed by atoms with van der Waals surface area (Å²) < 4.78 is 11.4. The van der Waals surface area contributed by atoms with E-state index in [1.54, 1.807) is 12.1 Å². The van der Waals surface area contributed by atoms with Gasteiger partial charge in [-0.1, -0.05) is 32.3 Å². The molecule has 140 valence electrons. The van der Waals surface area contributed by atoms with Gasteiger partial charge >= 0.3 is 0 Å². The van der Waals surface area contributed by atoms with Crippen LogP contribution in [0.1, 0.15) is 56.8 Å². The molecule has 0 saturated heterocycles. The number of ether oxygens (including phenoxy) is 2. The molecule has 2 rings (SSSR count). The van der Waals surface area contributed by atoms with Gasteiger partial charge in [0.15, 0.2) is 0 Å². The molecule has 26 heavy (non-hydrogen) atoms. The van der Waals surface area contributed by atoms with Gasteiger partial charge in [0.25, 0.3) is 5.91 Å². The van der Waals surface area contributed by atoms with Crippen molar-refractivity contribution in [2.75, 3.05) is 11.9 Å². The molecule has 2 aromatic carbocycles. The van der Waals surface area contributed by atoms with Gasteiger partial charge in [-0.15, -0.1) is 0 Å². The van der Waals surface area contributed by atoms with E-state index in [-0.39, 0.29) is 12.0 Å². The van der Waals surface area contributed by atoms with Crippen LogP contribution in [-0.4, -0.2) is 18.6 Å². The maximum absolute atomic E-state index is 12.4. The zero-order valence-corrected chi connectivity index (χ0v) is 16.0. The fraction of sp³-hybridized carbons (Fsp3) is 0.409. The van der Waals surface area contributed by atoms with Crippen LogP contribution in [0, 0.1) is 0 Å². The van der Waals surface area contributed by atoms with Crippen molar-refractivity contribution in [1.29, 1.82) is 0 Å². The third kappa shape index (κ3) is 6.79. The van der Waals surface area contributed by atoms with Gasteiger partial charge in [0.05, 0.1) is 12.7 Å². The molecule has 4 heteroatoms. The number of hydrogen-bond acceptors (Lipinski definition) is 3. The van der Waals surface area contributed by atoms with Crippen LogP contribution in [0.15, 0.2) is 48.5 Å². The second-order valence-corrected chi connectivity index (χ2v) is 6.58. The minimum atomic E-state index is -0.152. The molecule has 0 unspecified atom stereocenters. The van der Waals surface area contributed by atoms with Gasteiger partial charge in [-0.05, 0) is 56.7 Å². The number of hydrogen-bond donors (Lipinski definition) is 1. The average Bonchev–Trinajstić information content (AvgIpc) is 2.62. The third-order valence-electron chi connectivity index (χ3n) is 3.85. The van der Waals surface area contributed by atoms with Crippen LogP contribution in [0.3, 0.4) is 0 Å². The number of carbonyl (C=O) groups is 1. The van der Waals surface area contributed by atoms with E-state index >= 15 is 0 Å². The molecule has 4 nitrogen and oxygen atoms in total. The first kappa shape index (κ1) is 19.8. The summed E-state index contributed by atoms with van der Waals surface area (Å²) >= 11 is 0. The zero-order valence-electron chi connectivity index (χ0n) is 16.0. The van der Waals surface area contributed by atoms with E-state index in [0.29, 0.717) is 17.9 Å². The lowest BCUT2D eigenvalue weighted by molar-refractivity contribution is 0.102. The van der Waals surface area contributed by atoms with E-state index in [1.165, 1.54) is 19.3 Å². The van der Waals surface area contributed by atoms with E-state index < -0.39 is 0 Å². The number of benzene rings is 2. The Labute approximate surface area is 156 Å². The van der Waals surface area contributed by atoms with E-state index in [0.717, 1.165) is 17.9 Å². The van der Waals surface area contributed by atoms with Crippen LogP contribution >= 0.6 is 0 Å². The lowest BCUT2D eigenvalue weighted by atomic mass is 10.2. The Morgan fingerprint density at radius 3 is 2.46 bits per heavy atom. The molecule has 2 aromatic rings. The van der Waals surface area contributed by atoms with Gasteiger partial charge in [0, 0.05) is 17.3 Å². The molecular weight excluding hydrogens is 326 g/mol. The number of nitrogens with one attached hydrogen (secondary N) is 1. The molecule has 0 spiro atoms. The minimum Gasteiger partial charge on any atom is -0.494 e. The maximum Gasteiger partial charge on any atom is 0.255 e. The number of anilines is 1. The molecule has 0 atom stereocenters. The number of unbranched alkanes of at least 4 members (excludes halogenated alkanes) is 3. The normalized spacial score (nSPS) is 10.6. The fourth-order valence-corrected chi connectivity index (χ4v) is 2.54. The molecule has 1 N–H and O–H groups in total. The Morgan fingerprint density at radius 2 is 1.77 bits per heavy atom. The van der Waals surface area contributed by atoms with Crippen molar-refractivity contribution in [1.82, 2.24) is 0 Å². The summed E-state index contributed by atoms with van der Waals surface area (Å²) in [7, 11) is 0. The van der Waals surface area contributed by atoms with Crippen LogP contribution in [0.2, 0.25) is 0 Å². The zero-order chi connectivity index (χ0) is 18.8. The first-order chi connectivity index (χ1) is 12.6. The second kappa shape index (κ2) is 10.5. The van der Waals surface area contributed by atoms with Crippen LogP contribution < -0.4 is 14.8 Å². The predicted molar refractivity (Wildman–Crippen MR) is 106 cm³/mol. The van der Waals surface area contributed by atoms with Crippen LogP contribution in [-0.2, 0) is 0 Å². The van der Waals surface area contributed by atoms with Gasteiger partial charge < -0.3 is 14.8 Å². The summed E-state index contributed by atoms with van der Waals surface area (Å²) in [6.07, 6.45) is 4.80. The summed E-state index contributed by atoms with van der Waals surface area (Å²) in [6, 6.07) is 14.7. The molecule has 0 aliphatic heterocycles. The maximum atomic E-state index is 12.4. The first-order valence-corrected chi connectivity index (χ1v) is 9.39. The molecule has 0 fully saturated rings. The highest BCUT2D eigenvalue weighted by Gasteiger charge is 2.07. The minimum absolute atomic E-state index is 0.0930. The monoisotopic (exact) mass is 355 g/mol. The highest BCUT2D eigenvalue weighted by Crippen LogP contribution is 2.20. The standard InChI is InChI=1S/C22H29NO3/c1-4-5-6-7-15-25-20-13-11-18(12-14-20)22(24)23-19-9-8-10-21(16-19)26-17(2)3/h8-14,16-17H,4-7,15H2,1-3H3,(H,23,24). The molecule has 0 aliphatic rings. The van der Waals surface area contributed by atoms with Gasteiger partial charge in [-0.25, -0.2) is 0 Å². The summed E-state index contributed by atoms with van der Waals surface area (Å²) in [5.74, 6) is 1.39. The summed E-state index contributed by atoms with van der Waals surface area (Å²) in [6.45, 7) is 6.85. The van der Waals surface area contributed by atoms with Gasteiger partial charge in [-0.2, -0.15) is 0 Å². The quantitative estimate of drug-likeness (QED) is 0.557. The summed E-state index contributed by atoms with van der Waals surface area (Å²) in [5.41, 5.74) is 1.31. The Morgan fingerprint density at radius 1 is 1.00 bits per heavy atom. The molecule has 0 saturated carbocycles. The van der Waals surface area contributed by atoms with Crippen molar-refractivity contribution in [2.45, 2.75) is 52.6 Å². The van der Waals surface area contributed by atoms with Gasteiger partial charge in [0.1, 0.15) is 11.5 Å². The Bertz CT molecular complexity index is 680. The van der Waals surface area contributed by atoms with E-state index in [4.69, 9.17) is 9.47 Å². The van der Waals surface area contributed by atoms with Crippen molar-refractivity contribution in [3.63, 3.8) is 0 Å². The van der Waals surface area contributed by atoms with Crippen molar-refractivity contribution in [3.8, 4) is 11.5 Å². The molecule has 1 amide bonds. The Balaban J connectivity index is 1.87. The molecule has 0 bridgehead atoms. The fourth-order valence-electron chi connectivity index (χ4n) is 2.54. The van der Waals surface area contributed by atoms with Crippen LogP contribution in [0.25, 0.3) is 0 Å². The predicted octanol–water partition coefficient (Wildman–Crippen LogP) is 5.69. The highest BCUT2D eigenvalue weighted by atomic mass is 16.5. The number of carbonyl (C=O) groups excluding carboxylic acids is 1. The topological polar surface area (TPSA) is 47.6 Å². The molecule has 0 radical (unpaired) electrons. The largest absolute Gasteiger partial charge is 0.494 e. The summed E-state index contributed by atoms with van der Waals surface area (Å²) in [5, 5.41) is 2.90.